The average molecular weight is 296 g/mol. The fourth-order valence-corrected chi connectivity index (χ4v) is 2.02. The Kier molecular flexibility index (Phi) is 3.74. The van der Waals surface area contributed by atoms with Crippen molar-refractivity contribution in [3.8, 4) is 5.75 Å². The topological polar surface area (TPSA) is 34.4 Å². The summed E-state index contributed by atoms with van der Waals surface area (Å²) in [5, 5.41) is 3.29. The van der Waals surface area contributed by atoms with Crippen LogP contribution in [0.5, 0.6) is 5.75 Å². The lowest BCUT2D eigenvalue weighted by atomic mass is 10.3. The lowest BCUT2D eigenvalue weighted by Crippen LogP contribution is -1.98. The van der Waals surface area contributed by atoms with Crippen LogP contribution in [0, 0.1) is 6.92 Å². The van der Waals surface area contributed by atoms with E-state index in [2.05, 4.69) is 21.2 Å². The molecule has 0 radical (unpaired) electrons. The van der Waals surface area contributed by atoms with Crippen LogP contribution >= 0.6 is 15.9 Å². The first-order valence-corrected chi connectivity index (χ1v) is 6.10. The van der Waals surface area contributed by atoms with Crippen LogP contribution in [0.15, 0.2) is 39.2 Å². The molecule has 0 aliphatic carbocycles. The number of benzene rings is 1. The third kappa shape index (κ3) is 3.27. The maximum Gasteiger partial charge on any atom is 0.123 e. The van der Waals surface area contributed by atoms with E-state index >= 15 is 0 Å². The Balaban J connectivity index is 2.05. The summed E-state index contributed by atoms with van der Waals surface area (Å²) in [5.74, 6) is 2.66. The van der Waals surface area contributed by atoms with Crippen molar-refractivity contribution in [3.05, 3.63) is 46.3 Å². The Morgan fingerprint density at radius 3 is 2.76 bits per heavy atom. The van der Waals surface area contributed by atoms with E-state index in [4.69, 9.17) is 9.15 Å². The highest BCUT2D eigenvalue weighted by Gasteiger charge is 2.01. The molecule has 0 spiro atoms. The first-order chi connectivity index (χ1) is 8.17. The number of ether oxygens (including phenoxy) is 1. The first kappa shape index (κ1) is 12.0. The summed E-state index contributed by atoms with van der Waals surface area (Å²) in [5.41, 5.74) is 0.991. The fraction of sp³-hybridized carbons (Fsp3) is 0.231. The summed E-state index contributed by atoms with van der Waals surface area (Å²) < 4.78 is 11.7. The molecule has 2 rings (SSSR count). The predicted molar refractivity (Wildman–Crippen MR) is 71.5 cm³/mol. The molecule has 0 amide bonds. The molecule has 0 fully saturated rings. The van der Waals surface area contributed by atoms with Crippen LogP contribution in [0.2, 0.25) is 0 Å². The van der Waals surface area contributed by atoms with Crippen LogP contribution in [0.4, 0.5) is 5.69 Å². The Bertz CT molecular complexity index is 508. The van der Waals surface area contributed by atoms with Crippen molar-refractivity contribution >= 4 is 21.6 Å². The van der Waals surface area contributed by atoms with E-state index in [1.165, 1.54) is 0 Å². The van der Waals surface area contributed by atoms with Gasteiger partial charge in [-0.05, 0) is 31.2 Å². The molecule has 3 nitrogen and oxygen atoms in total. The maximum atomic E-state index is 5.49. The standard InChI is InChI=1S/C13H14BrNO2/c1-9-3-4-12(17-9)8-15-11-5-10(14)6-13(7-11)16-2/h3-7,15H,8H2,1-2H3. The zero-order valence-electron chi connectivity index (χ0n) is 9.79. The van der Waals surface area contributed by atoms with Gasteiger partial charge in [0, 0.05) is 16.2 Å². The number of nitrogens with one attached hydrogen (secondary N) is 1. The number of halogens is 1. The van der Waals surface area contributed by atoms with Crippen LogP contribution in [-0.2, 0) is 6.54 Å². The van der Waals surface area contributed by atoms with Gasteiger partial charge in [0.2, 0.25) is 0 Å². The smallest absolute Gasteiger partial charge is 0.123 e. The largest absolute Gasteiger partial charge is 0.497 e. The Labute approximate surface area is 109 Å². The van der Waals surface area contributed by atoms with E-state index in [9.17, 15) is 0 Å². The first-order valence-electron chi connectivity index (χ1n) is 5.31. The van der Waals surface area contributed by atoms with Gasteiger partial charge in [-0.25, -0.2) is 0 Å². The maximum absolute atomic E-state index is 5.49. The number of furan rings is 1. The minimum atomic E-state index is 0.660. The molecule has 1 aromatic carbocycles. The van der Waals surface area contributed by atoms with Gasteiger partial charge < -0.3 is 14.5 Å². The Morgan fingerprint density at radius 1 is 1.29 bits per heavy atom. The number of hydrogen-bond donors (Lipinski definition) is 1. The highest BCUT2D eigenvalue weighted by molar-refractivity contribution is 9.10. The zero-order chi connectivity index (χ0) is 12.3. The number of methoxy groups -OCH3 is 1. The van der Waals surface area contributed by atoms with E-state index in [0.29, 0.717) is 6.54 Å². The van der Waals surface area contributed by atoms with Gasteiger partial charge in [-0.1, -0.05) is 15.9 Å². The van der Waals surface area contributed by atoms with Gasteiger partial charge in [-0.3, -0.25) is 0 Å². The SMILES string of the molecule is COc1cc(Br)cc(NCc2ccc(C)o2)c1. The van der Waals surface area contributed by atoms with Gasteiger partial charge in [0.1, 0.15) is 17.3 Å². The van der Waals surface area contributed by atoms with E-state index in [1.807, 2.05) is 37.3 Å². The van der Waals surface area contributed by atoms with E-state index < -0.39 is 0 Å². The molecule has 17 heavy (non-hydrogen) atoms. The van der Waals surface area contributed by atoms with Crippen LogP contribution in [-0.4, -0.2) is 7.11 Å². The highest BCUT2D eigenvalue weighted by atomic mass is 79.9. The van der Waals surface area contributed by atoms with Crippen molar-refractivity contribution in [2.75, 3.05) is 12.4 Å². The van der Waals surface area contributed by atoms with Gasteiger partial charge in [0.25, 0.3) is 0 Å². The molecule has 0 bridgehead atoms. The average Bonchev–Trinajstić information content (AvgIpc) is 2.72. The summed E-state index contributed by atoms with van der Waals surface area (Å²) in [4.78, 5) is 0. The molecular formula is C13H14BrNO2. The van der Waals surface area contributed by atoms with Crippen molar-refractivity contribution in [2.24, 2.45) is 0 Å². The van der Waals surface area contributed by atoms with Crippen molar-refractivity contribution in [1.82, 2.24) is 0 Å². The second-order valence-corrected chi connectivity index (χ2v) is 4.66. The molecule has 1 aromatic heterocycles. The van der Waals surface area contributed by atoms with Gasteiger partial charge in [-0.2, -0.15) is 0 Å². The van der Waals surface area contributed by atoms with E-state index in [1.54, 1.807) is 7.11 Å². The van der Waals surface area contributed by atoms with Gasteiger partial charge in [0.15, 0.2) is 0 Å². The lowest BCUT2D eigenvalue weighted by molar-refractivity contribution is 0.414. The fourth-order valence-electron chi connectivity index (χ4n) is 1.55. The quantitative estimate of drug-likeness (QED) is 0.927. The third-order valence-corrected chi connectivity index (χ3v) is 2.83. The zero-order valence-corrected chi connectivity index (χ0v) is 11.4. The van der Waals surface area contributed by atoms with Crippen molar-refractivity contribution < 1.29 is 9.15 Å². The van der Waals surface area contributed by atoms with Crippen LogP contribution in [0.3, 0.4) is 0 Å². The molecule has 1 N–H and O–H groups in total. The molecule has 0 unspecified atom stereocenters. The molecule has 0 saturated heterocycles. The van der Waals surface area contributed by atoms with E-state index in [0.717, 1.165) is 27.4 Å². The summed E-state index contributed by atoms with van der Waals surface area (Å²) in [6.07, 6.45) is 0. The predicted octanol–water partition coefficient (Wildman–Crippen LogP) is 3.97. The molecule has 2 aromatic rings. The number of hydrogen-bond acceptors (Lipinski definition) is 3. The third-order valence-electron chi connectivity index (χ3n) is 2.37. The van der Waals surface area contributed by atoms with E-state index in [-0.39, 0.29) is 0 Å². The second-order valence-electron chi connectivity index (χ2n) is 3.75. The van der Waals surface area contributed by atoms with Crippen LogP contribution in [0.25, 0.3) is 0 Å². The number of aryl methyl sites for hydroxylation is 1. The van der Waals surface area contributed by atoms with Gasteiger partial charge in [-0.15, -0.1) is 0 Å². The van der Waals surface area contributed by atoms with Gasteiger partial charge in [0.05, 0.1) is 13.7 Å². The molecule has 0 aliphatic heterocycles. The number of anilines is 1. The molecular weight excluding hydrogens is 282 g/mol. The lowest BCUT2D eigenvalue weighted by Gasteiger charge is -2.07. The highest BCUT2D eigenvalue weighted by Crippen LogP contribution is 2.24. The van der Waals surface area contributed by atoms with Crippen molar-refractivity contribution in [3.63, 3.8) is 0 Å². The monoisotopic (exact) mass is 295 g/mol. The molecule has 90 valence electrons. The minimum absolute atomic E-state index is 0.660. The van der Waals surface area contributed by atoms with Crippen LogP contribution in [0.1, 0.15) is 11.5 Å². The Hall–Kier alpha value is -1.42. The second kappa shape index (κ2) is 5.27. The Morgan fingerprint density at radius 2 is 2.12 bits per heavy atom. The van der Waals surface area contributed by atoms with Crippen molar-refractivity contribution in [2.45, 2.75) is 13.5 Å². The minimum Gasteiger partial charge on any atom is -0.497 e. The van der Waals surface area contributed by atoms with Gasteiger partial charge >= 0.3 is 0 Å². The molecule has 0 aliphatic rings. The summed E-state index contributed by atoms with van der Waals surface area (Å²) in [6.45, 7) is 2.60. The summed E-state index contributed by atoms with van der Waals surface area (Å²) in [6, 6.07) is 9.79. The molecule has 4 heteroatoms. The summed E-state index contributed by atoms with van der Waals surface area (Å²) in [7, 11) is 1.65. The normalized spacial score (nSPS) is 10.3. The molecule has 1 heterocycles. The summed E-state index contributed by atoms with van der Waals surface area (Å²) >= 11 is 3.44. The molecule has 0 atom stereocenters. The van der Waals surface area contributed by atoms with Crippen molar-refractivity contribution in [1.29, 1.82) is 0 Å². The number of rotatable bonds is 4. The van der Waals surface area contributed by atoms with Crippen LogP contribution < -0.4 is 10.1 Å². The molecule has 0 saturated carbocycles.